The van der Waals surface area contributed by atoms with E-state index < -0.39 is 14.9 Å². The Morgan fingerprint density at radius 1 is 0.440 bits per heavy atom. The molecule has 0 saturated carbocycles. The largest absolute Gasteiger partial charge is 0.429 e. The molecule has 2 heterocycles. The second-order valence-corrected chi connectivity index (χ2v) is 15.8. The highest BCUT2D eigenvalue weighted by Gasteiger charge is 2.57. The predicted octanol–water partition coefficient (Wildman–Crippen LogP) is 8.60. The molecule has 0 radical (unpaired) electrons. The summed E-state index contributed by atoms with van der Waals surface area (Å²) >= 11 is 0. The van der Waals surface area contributed by atoms with Gasteiger partial charge in [0.2, 0.25) is 0 Å². The summed E-state index contributed by atoms with van der Waals surface area (Å²) in [6, 6.07) is 45.7. The van der Waals surface area contributed by atoms with Gasteiger partial charge in [0, 0.05) is 0 Å². The summed E-state index contributed by atoms with van der Waals surface area (Å²) in [5, 5.41) is 21.3. The molecule has 5 aromatic rings. The SMILES string of the molecule is [C-]#[N+]C1=C([N+]#[C-])N(c2ccccc2)P(=O)(c2ccc(P3(=O)N(c4ccccc4)C(C#N)=C(C#N)N3c3ccccc3)cc2)N1c1ccccc1. The van der Waals surface area contributed by atoms with Crippen LogP contribution < -0.4 is 29.3 Å². The fourth-order valence-electron chi connectivity index (χ4n) is 6.20. The third-order valence-electron chi connectivity index (χ3n) is 8.28. The van der Waals surface area contributed by atoms with Crippen LogP contribution in [0.1, 0.15) is 0 Å². The molecule has 0 saturated heterocycles. The van der Waals surface area contributed by atoms with Gasteiger partial charge in [0.25, 0.3) is 11.6 Å². The smallest absolute Gasteiger partial charge is 0.373 e. The number of hydrogen-bond acceptors (Lipinski definition) is 4. The maximum Gasteiger partial charge on any atom is 0.429 e. The minimum absolute atomic E-state index is 0.0725. The van der Waals surface area contributed by atoms with Crippen molar-refractivity contribution in [3.05, 3.63) is 191 Å². The van der Waals surface area contributed by atoms with Gasteiger partial charge < -0.3 is 9.69 Å². The second kappa shape index (κ2) is 12.7. The van der Waals surface area contributed by atoms with Crippen LogP contribution in [0.15, 0.2) is 169 Å². The lowest BCUT2D eigenvalue weighted by Gasteiger charge is -2.33. The molecule has 0 aliphatic carbocycles. The zero-order chi connectivity index (χ0) is 34.9. The molecule has 2 aliphatic heterocycles. The minimum atomic E-state index is -4.06. The van der Waals surface area contributed by atoms with Gasteiger partial charge in [-0.3, -0.25) is 13.9 Å². The van der Waals surface area contributed by atoms with Crippen LogP contribution in [0.25, 0.3) is 9.69 Å². The van der Waals surface area contributed by atoms with E-state index >= 15 is 9.13 Å². The maximum atomic E-state index is 15.8. The highest BCUT2D eigenvalue weighted by molar-refractivity contribution is 7.76. The summed E-state index contributed by atoms with van der Waals surface area (Å²) in [5.74, 6) is -0.170. The number of hydrogen-bond donors (Lipinski definition) is 0. The number of para-hydroxylation sites is 4. The lowest BCUT2D eigenvalue weighted by atomic mass is 10.2. The molecule has 0 amide bonds. The van der Waals surface area contributed by atoms with Gasteiger partial charge in [-0.25, -0.2) is 13.9 Å². The third-order valence-corrected chi connectivity index (χ3v) is 14.1. The Bertz CT molecular complexity index is 2130. The summed E-state index contributed by atoms with van der Waals surface area (Å²) in [4.78, 5) is 7.42. The molecular weight excluding hydrogens is 662 g/mol. The molecule has 7 rings (SSSR count). The molecule has 0 N–H and O–H groups in total. The van der Waals surface area contributed by atoms with E-state index in [0.29, 0.717) is 22.7 Å². The molecule has 0 unspecified atom stereocenters. The van der Waals surface area contributed by atoms with Crippen molar-refractivity contribution in [1.29, 1.82) is 10.5 Å². The molecule has 238 valence electrons. The summed E-state index contributed by atoms with van der Waals surface area (Å²) in [7, 11) is -8.12. The number of nitriles is 2. The van der Waals surface area contributed by atoms with E-state index in [0.717, 1.165) is 0 Å². The average Bonchev–Trinajstić information content (AvgIpc) is 3.61. The van der Waals surface area contributed by atoms with Crippen molar-refractivity contribution >= 4 is 48.2 Å². The van der Waals surface area contributed by atoms with Gasteiger partial charge in [0.05, 0.1) is 22.0 Å². The first kappa shape index (κ1) is 31.8. The molecular formula is C38H24N8O2P2. The van der Waals surface area contributed by atoms with Crippen molar-refractivity contribution in [2.24, 2.45) is 0 Å². The Balaban J connectivity index is 1.46. The van der Waals surface area contributed by atoms with Crippen LogP contribution in [-0.2, 0) is 9.13 Å². The minimum Gasteiger partial charge on any atom is -0.373 e. The first-order chi connectivity index (χ1) is 24.4. The molecule has 0 aromatic heterocycles. The van der Waals surface area contributed by atoms with Crippen LogP contribution in [0, 0.1) is 35.8 Å². The van der Waals surface area contributed by atoms with Crippen LogP contribution in [0.3, 0.4) is 0 Å². The Labute approximate surface area is 289 Å². The van der Waals surface area contributed by atoms with Crippen molar-refractivity contribution in [2.45, 2.75) is 0 Å². The van der Waals surface area contributed by atoms with E-state index in [4.69, 9.17) is 13.1 Å². The quantitative estimate of drug-likeness (QED) is 0.129. The van der Waals surface area contributed by atoms with E-state index in [1.165, 1.54) is 18.7 Å². The molecule has 50 heavy (non-hydrogen) atoms. The summed E-state index contributed by atoms with van der Waals surface area (Å²) < 4.78 is 37.3. The van der Waals surface area contributed by atoms with Gasteiger partial charge in [-0.2, -0.15) is 10.5 Å². The van der Waals surface area contributed by atoms with Crippen molar-refractivity contribution < 1.29 is 9.13 Å². The highest BCUT2D eigenvalue weighted by atomic mass is 31.2. The van der Waals surface area contributed by atoms with Crippen LogP contribution in [0.5, 0.6) is 0 Å². The Morgan fingerprint density at radius 3 is 0.960 bits per heavy atom. The molecule has 2 aliphatic rings. The van der Waals surface area contributed by atoms with Crippen LogP contribution >= 0.6 is 14.9 Å². The number of nitrogens with zero attached hydrogens (tertiary/aromatic N) is 8. The number of anilines is 4. The zero-order valence-corrected chi connectivity index (χ0v) is 27.9. The maximum absolute atomic E-state index is 15.8. The molecule has 0 bridgehead atoms. The topological polar surface area (TPSA) is 103 Å². The first-order valence-electron chi connectivity index (χ1n) is 15.2. The molecule has 0 spiro atoms. The summed E-state index contributed by atoms with van der Waals surface area (Å²) in [6.45, 7) is 16.2. The molecule has 0 fully saturated rings. The van der Waals surface area contributed by atoms with Crippen LogP contribution in [-0.4, -0.2) is 0 Å². The third kappa shape index (κ3) is 4.69. The Hall–Kier alpha value is -6.80. The van der Waals surface area contributed by atoms with E-state index in [1.807, 2.05) is 0 Å². The van der Waals surface area contributed by atoms with Crippen LogP contribution in [0.4, 0.5) is 22.7 Å². The second-order valence-electron chi connectivity index (χ2n) is 11.0. The van der Waals surface area contributed by atoms with E-state index in [1.54, 1.807) is 146 Å². The standard InChI is InChI=1S/C38H24N8O2P2/c1-41-37-38(42-2)46(32-21-13-6-14-22-32)50(48,45(37)31-19-11-5-12-20-31)34-25-23-33(24-26-34)49(47)43(29-15-7-3-8-16-29)35(27-39)36(28-40)44(49)30-17-9-4-10-18-30/h3-26H. The Morgan fingerprint density at radius 2 is 0.700 bits per heavy atom. The van der Waals surface area contributed by atoms with Gasteiger partial charge in [0.15, 0.2) is 11.4 Å². The highest BCUT2D eigenvalue weighted by Crippen LogP contribution is 2.66. The summed E-state index contributed by atoms with van der Waals surface area (Å²) in [6.07, 6.45) is 0. The average molecular weight is 687 g/mol. The van der Waals surface area contributed by atoms with Gasteiger partial charge in [-0.05, 0) is 72.8 Å². The first-order valence-corrected chi connectivity index (χ1v) is 18.4. The van der Waals surface area contributed by atoms with Gasteiger partial charge >= 0.3 is 14.9 Å². The molecule has 12 heteroatoms. The fourth-order valence-corrected chi connectivity index (χ4v) is 11.9. The van der Waals surface area contributed by atoms with E-state index in [9.17, 15) is 10.5 Å². The van der Waals surface area contributed by atoms with Crippen molar-refractivity contribution in [3.63, 3.8) is 0 Å². The van der Waals surface area contributed by atoms with Gasteiger partial charge in [-0.15, -0.1) is 0 Å². The fraction of sp³-hybridized carbons (Fsp3) is 0. The normalized spacial score (nSPS) is 16.1. The van der Waals surface area contributed by atoms with Crippen molar-refractivity contribution in [2.75, 3.05) is 18.7 Å². The van der Waals surface area contributed by atoms with Crippen LogP contribution in [0.2, 0.25) is 0 Å². The monoisotopic (exact) mass is 686 g/mol. The number of benzene rings is 5. The van der Waals surface area contributed by atoms with Gasteiger partial charge in [0.1, 0.15) is 23.5 Å². The van der Waals surface area contributed by atoms with E-state index in [2.05, 4.69) is 21.8 Å². The summed E-state index contributed by atoms with van der Waals surface area (Å²) in [5.41, 5.74) is 1.67. The van der Waals surface area contributed by atoms with Crippen molar-refractivity contribution in [3.8, 4) is 12.1 Å². The number of allylic oxidation sites excluding steroid dienone is 2. The van der Waals surface area contributed by atoms with E-state index in [-0.39, 0.29) is 33.6 Å². The molecule has 10 nitrogen and oxygen atoms in total. The zero-order valence-electron chi connectivity index (χ0n) is 26.1. The van der Waals surface area contributed by atoms with Crippen molar-refractivity contribution in [1.82, 2.24) is 0 Å². The van der Waals surface area contributed by atoms with Gasteiger partial charge in [-0.1, -0.05) is 85.9 Å². The number of rotatable bonds is 6. The lowest BCUT2D eigenvalue weighted by Crippen LogP contribution is -2.32. The predicted molar refractivity (Wildman–Crippen MR) is 195 cm³/mol. The molecule has 0 atom stereocenters. The lowest BCUT2D eigenvalue weighted by molar-refractivity contribution is 0.580. The molecule has 5 aromatic carbocycles. The Kier molecular flexibility index (Phi) is 8.05.